The van der Waals surface area contributed by atoms with Crippen LogP contribution in [-0.4, -0.2) is 32.7 Å². The van der Waals surface area contributed by atoms with Crippen molar-refractivity contribution in [3.63, 3.8) is 0 Å². The second-order valence-electron chi connectivity index (χ2n) is 6.02. The van der Waals surface area contributed by atoms with Gasteiger partial charge in [0.1, 0.15) is 18.1 Å². The van der Waals surface area contributed by atoms with Crippen molar-refractivity contribution in [2.45, 2.75) is 19.0 Å². The molecule has 1 aliphatic rings. The molecule has 6 heteroatoms. The molecule has 1 N–H and O–H groups in total. The Morgan fingerprint density at radius 2 is 2.20 bits per heavy atom. The number of amides is 1. The number of carbonyl (C=O) groups excluding carboxylic acids is 1. The topological polar surface area (TPSA) is 50.8 Å². The second kappa shape index (κ2) is 7.66. The van der Waals surface area contributed by atoms with Crippen LogP contribution in [0, 0.1) is 0 Å². The lowest BCUT2D eigenvalue weighted by molar-refractivity contribution is -0.121. The minimum Gasteiger partial charge on any atom is -0.497 e. The summed E-state index contributed by atoms with van der Waals surface area (Å²) in [7, 11) is 3.58. The third-order valence-electron chi connectivity index (χ3n) is 4.32. The number of ether oxygens (including phenoxy) is 2. The van der Waals surface area contributed by atoms with Gasteiger partial charge >= 0.3 is 0 Å². The third-order valence-corrected chi connectivity index (χ3v) is 4.56. The zero-order chi connectivity index (χ0) is 17.8. The van der Waals surface area contributed by atoms with E-state index >= 15 is 0 Å². The SMILES string of the molecule is COc1cccc(CNC(=O)C[C@H]2COc3ccc(Cl)cc3N2C)c1. The van der Waals surface area contributed by atoms with Gasteiger partial charge in [-0.25, -0.2) is 0 Å². The van der Waals surface area contributed by atoms with Crippen LogP contribution >= 0.6 is 11.6 Å². The summed E-state index contributed by atoms with van der Waals surface area (Å²) < 4.78 is 11.0. The monoisotopic (exact) mass is 360 g/mol. The average Bonchev–Trinajstić information content (AvgIpc) is 2.63. The Balaban J connectivity index is 1.58. The standard InChI is InChI=1S/C19H21ClN2O3/c1-22-15(12-25-18-7-6-14(20)9-17(18)22)10-19(23)21-11-13-4-3-5-16(8-13)24-2/h3-9,15H,10-12H2,1-2H3,(H,21,23)/t15-/m0/s1. The maximum absolute atomic E-state index is 12.3. The zero-order valence-corrected chi connectivity index (χ0v) is 15.0. The van der Waals surface area contributed by atoms with E-state index < -0.39 is 0 Å². The fourth-order valence-electron chi connectivity index (χ4n) is 2.85. The van der Waals surface area contributed by atoms with Crippen LogP contribution in [-0.2, 0) is 11.3 Å². The Morgan fingerprint density at radius 3 is 3.00 bits per heavy atom. The van der Waals surface area contributed by atoms with Gasteiger partial charge in [0.15, 0.2) is 0 Å². The fraction of sp³-hybridized carbons (Fsp3) is 0.316. The molecule has 2 aromatic carbocycles. The molecule has 3 rings (SSSR count). The Kier molecular flexibility index (Phi) is 5.34. The molecule has 132 valence electrons. The minimum absolute atomic E-state index is 0.0197. The van der Waals surface area contributed by atoms with Crippen molar-refractivity contribution in [1.82, 2.24) is 5.32 Å². The predicted molar refractivity (Wildman–Crippen MR) is 98.6 cm³/mol. The van der Waals surface area contributed by atoms with E-state index in [2.05, 4.69) is 10.2 Å². The summed E-state index contributed by atoms with van der Waals surface area (Å²) >= 11 is 6.07. The fourth-order valence-corrected chi connectivity index (χ4v) is 3.01. The lowest BCUT2D eigenvalue weighted by atomic mass is 10.1. The lowest BCUT2D eigenvalue weighted by Gasteiger charge is -2.35. The molecule has 1 amide bonds. The summed E-state index contributed by atoms with van der Waals surface area (Å²) in [5.74, 6) is 1.55. The maximum atomic E-state index is 12.3. The summed E-state index contributed by atoms with van der Waals surface area (Å²) in [5, 5.41) is 3.60. The first-order chi connectivity index (χ1) is 12.1. The summed E-state index contributed by atoms with van der Waals surface area (Å²) in [6, 6.07) is 13.1. The molecule has 1 heterocycles. The van der Waals surface area contributed by atoms with E-state index in [1.165, 1.54) is 0 Å². The van der Waals surface area contributed by atoms with Crippen molar-refractivity contribution in [2.24, 2.45) is 0 Å². The molecule has 0 saturated carbocycles. The van der Waals surface area contributed by atoms with Crippen molar-refractivity contribution in [2.75, 3.05) is 25.7 Å². The molecule has 5 nitrogen and oxygen atoms in total. The van der Waals surface area contributed by atoms with Crippen LogP contribution in [0.2, 0.25) is 5.02 Å². The number of methoxy groups -OCH3 is 1. The Hall–Kier alpha value is -2.40. The molecule has 0 fully saturated rings. The largest absolute Gasteiger partial charge is 0.497 e. The highest BCUT2D eigenvalue weighted by Gasteiger charge is 2.26. The van der Waals surface area contributed by atoms with E-state index in [9.17, 15) is 4.79 Å². The number of carbonyl (C=O) groups is 1. The number of benzene rings is 2. The molecule has 2 aromatic rings. The molecule has 0 saturated heterocycles. The molecule has 0 spiro atoms. The second-order valence-corrected chi connectivity index (χ2v) is 6.46. The van der Waals surface area contributed by atoms with Crippen molar-refractivity contribution >= 4 is 23.2 Å². The Labute approximate surface area is 152 Å². The van der Waals surface area contributed by atoms with Gasteiger partial charge in [0.25, 0.3) is 0 Å². The molecule has 0 unspecified atom stereocenters. The van der Waals surface area contributed by atoms with E-state index in [4.69, 9.17) is 21.1 Å². The first-order valence-corrected chi connectivity index (χ1v) is 8.49. The van der Waals surface area contributed by atoms with Gasteiger partial charge in [-0.05, 0) is 35.9 Å². The quantitative estimate of drug-likeness (QED) is 0.889. The van der Waals surface area contributed by atoms with Gasteiger partial charge in [0.05, 0.1) is 25.3 Å². The summed E-state index contributed by atoms with van der Waals surface area (Å²) in [5.41, 5.74) is 1.91. The van der Waals surface area contributed by atoms with Crippen molar-refractivity contribution in [3.05, 3.63) is 53.1 Å². The van der Waals surface area contributed by atoms with E-state index in [1.54, 1.807) is 13.2 Å². The van der Waals surface area contributed by atoms with E-state index in [-0.39, 0.29) is 11.9 Å². The van der Waals surface area contributed by atoms with Crippen LogP contribution in [0.4, 0.5) is 5.69 Å². The summed E-state index contributed by atoms with van der Waals surface area (Å²) in [6.45, 7) is 0.938. The molecule has 0 aromatic heterocycles. The van der Waals surface area contributed by atoms with E-state index in [0.29, 0.717) is 24.6 Å². The molecule has 1 aliphatic heterocycles. The number of anilines is 1. The first-order valence-electron chi connectivity index (χ1n) is 8.11. The smallest absolute Gasteiger partial charge is 0.222 e. The number of rotatable bonds is 5. The highest BCUT2D eigenvalue weighted by Crippen LogP contribution is 2.35. The lowest BCUT2D eigenvalue weighted by Crippen LogP contribution is -2.43. The van der Waals surface area contributed by atoms with Crippen molar-refractivity contribution in [3.8, 4) is 11.5 Å². The maximum Gasteiger partial charge on any atom is 0.222 e. The van der Waals surface area contributed by atoms with Gasteiger partial charge in [-0.3, -0.25) is 4.79 Å². The number of likely N-dealkylation sites (N-methyl/N-ethyl adjacent to an activating group) is 1. The molecular formula is C19H21ClN2O3. The number of nitrogens with one attached hydrogen (secondary N) is 1. The highest BCUT2D eigenvalue weighted by atomic mass is 35.5. The molecule has 25 heavy (non-hydrogen) atoms. The third kappa shape index (κ3) is 4.17. The first kappa shape index (κ1) is 17.4. The Bertz CT molecular complexity index is 766. The van der Waals surface area contributed by atoms with Gasteiger partial charge in [-0.1, -0.05) is 23.7 Å². The van der Waals surface area contributed by atoms with Crippen LogP contribution in [0.15, 0.2) is 42.5 Å². The number of hydrogen-bond acceptors (Lipinski definition) is 4. The molecule has 0 bridgehead atoms. The molecule has 0 radical (unpaired) electrons. The van der Waals surface area contributed by atoms with Gasteiger partial charge in [-0.2, -0.15) is 0 Å². The van der Waals surface area contributed by atoms with E-state index in [0.717, 1.165) is 22.7 Å². The number of hydrogen-bond donors (Lipinski definition) is 1. The molecular weight excluding hydrogens is 340 g/mol. The molecule has 1 atom stereocenters. The van der Waals surface area contributed by atoms with Crippen LogP contribution in [0.1, 0.15) is 12.0 Å². The number of fused-ring (bicyclic) bond motifs is 1. The van der Waals surface area contributed by atoms with Gasteiger partial charge < -0.3 is 19.7 Å². The highest BCUT2D eigenvalue weighted by molar-refractivity contribution is 6.31. The zero-order valence-electron chi connectivity index (χ0n) is 14.3. The minimum atomic E-state index is -0.0312. The number of halogens is 1. The predicted octanol–water partition coefficient (Wildman–Crippen LogP) is 3.25. The van der Waals surface area contributed by atoms with Crippen LogP contribution in [0.3, 0.4) is 0 Å². The van der Waals surface area contributed by atoms with Crippen LogP contribution in [0.25, 0.3) is 0 Å². The Morgan fingerprint density at radius 1 is 1.36 bits per heavy atom. The van der Waals surface area contributed by atoms with E-state index in [1.807, 2.05) is 43.4 Å². The van der Waals surface area contributed by atoms with Gasteiger partial charge in [-0.15, -0.1) is 0 Å². The summed E-state index contributed by atoms with van der Waals surface area (Å²) in [4.78, 5) is 14.4. The normalized spacial score (nSPS) is 16.0. The average molecular weight is 361 g/mol. The van der Waals surface area contributed by atoms with Gasteiger partial charge in [0, 0.05) is 18.6 Å². The van der Waals surface area contributed by atoms with Crippen LogP contribution < -0.4 is 19.7 Å². The number of nitrogens with zero attached hydrogens (tertiary/aromatic N) is 1. The summed E-state index contributed by atoms with van der Waals surface area (Å²) in [6.07, 6.45) is 0.354. The van der Waals surface area contributed by atoms with Crippen LogP contribution in [0.5, 0.6) is 11.5 Å². The van der Waals surface area contributed by atoms with Crippen molar-refractivity contribution in [1.29, 1.82) is 0 Å². The molecule has 0 aliphatic carbocycles. The van der Waals surface area contributed by atoms with Gasteiger partial charge in [0.2, 0.25) is 5.91 Å². The van der Waals surface area contributed by atoms with Crippen molar-refractivity contribution < 1.29 is 14.3 Å².